The van der Waals surface area contributed by atoms with Crippen molar-refractivity contribution in [2.75, 3.05) is 0 Å². The molecule has 1 aromatic rings. The number of benzene rings is 1. The maximum atomic E-state index is 13.1. The van der Waals surface area contributed by atoms with E-state index in [0.717, 1.165) is 43.7 Å². The topological polar surface area (TPSA) is 27.7 Å². The third kappa shape index (κ3) is 12.9. The second kappa shape index (κ2) is 16.7. The number of alkyl halides is 3. The van der Waals surface area contributed by atoms with Crippen molar-refractivity contribution < 1.29 is 27.4 Å². The molecular weight excluding hydrogens is 465 g/mol. The third-order valence-corrected chi connectivity index (χ3v) is 6.13. The van der Waals surface area contributed by atoms with Crippen molar-refractivity contribution in [3.05, 3.63) is 35.4 Å². The SMILES string of the molecule is CCCCCCCCC(CCCCc1cccc(C(F)(F)F)c1)C(OC(C)C)(OC(C)C)OC(C)C. The van der Waals surface area contributed by atoms with Gasteiger partial charge in [0, 0.05) is 5.92 Å². The Bertz CT molecular complexity index is 674. The van der Waals surface area contributed by atoms with Gasteiger partial charge in [0.25, 0.3) is 5.97 Å². The number of ether oxygens (including phenoxy) is 3. The molecule has 0 aliphatic carbocycles. The van der Waals surface area contributed by atoms with E-state index in [4.69, 9.17) is 14.2 Å². The Morgan fingerprint density at radius 1 is 0.694 bits per heavy atom. The molecule has 0 aliphatic heterocycles. The van der Waals surface area contributed by atoms with E-state index in [2.05, 4.69) is 6.92 Å². The summed E-state index contributed by atoms with van der Waals surface area (Å²) in [7, 11) is 0. The highest BCUT2D eigenvalue weighted by Crippen LogP contribution is 2.37. The second-order valence-electron chi connectivity index (χ2n) is 10.8. The maximum Gasteiger partial charge on any atom is 0.416 e. The Morgan fingerprint density at radius 2 is 1.19 bits per heavy atom. The molecule has 0 amide bonds. The first-order valence-corrected chi connectivity index (χ1v) is 14.1. The molecule has 1 rings (SSSR count). The van der Waals surface area contributed by atoms with Crippen LogP contribution in [0.5, 0.6) is 0 Å². The van der Waals surface area contributed by atoms with Crippen LogP contribution >= 0.6 is 0 Å². The highest BCUT2D eigenvalue weighted by molar-refractivity contribution is 5.25. The van der Waals surface area contributed by atoms with Gasteiger partial charge in [-0.2, -0.15) is 13.2 Å². The zero-order chi connectivity index (χ0) is 27.2. The van der Waals surface area contributed by atoms with Gasteiger partial charge >= 0.3 is 6.18 Å². The molecule has 0 saturated heterocycles. The smallest absolute Gasteiger partial charge is 0.324 e. The summed E-state index contributed by atoms with van der Waals surface area (Å²) < 4.78 is 58.5. The van der Waals surface area contributed by atoms with Crippen molar-refractivity contribution in [3.8, 4) is 0 Å². The molecule has 0 aliphatic rings. The summed E-state index contributed by atoms with van der Waals surface area (Å²) in [4.78, 5) is 0. The molecule has 0 saturated carbocycles. The molecule has 0 N–H and O–H groups in total. The van der Waals surface area contributed by atoms with E-state index in [1.165, 1.54) is 44.2 Å². The number of aryl methyl sites for hydroxylation is 1. The van der Waals surface area contributed by atoms with Gasteiger partial charge in [0.1, 0.15) is 0 Å². The number of unbranched alkanes of at least 4 members (excludes halogenated alkanes) is 6. The van der Waals surface area contributed by atoms with E-state index >= 15 is 0 Å². The first-order chi connectivity index (χ1) is 16.9. The van der Waals surface area contributed by atoms with Gasteiger partial charge in [-0.25, -0.2) is 0 Å². The summed E-state index contributed by atoms with van der Waals surface area (Å²) in [6.45, 7) is 14.2. The zero-order valence-corrected chi connectivity index (χ0v) is 23.8. The van der Waals surface area contributed by atoms with Gasteiger partial charge in [0.05, 0.1) is 23.9 Å². The number of rotatable bonds is 19. The number of hydrogen-bond acceptors (Lipinski definition) is 3. The normalized spacial score (nSPS) is 13.8. The molecule has 6 heteroatoms. The first kappa shape index (κ1) is 32.9. The molecule has 0 heterocycles. The van der Waals surface area contributed by atoms with E-state index in [9.17, 15) is 13.2 Å². The lowest BCUT2D eigenvalue weighted by atomic mass is 9.91. The summed E-state index contributed by atoms with van der Waals surface area (Å²) in [6.07, 6.45) is 6.75. The number of hydrogen-bond donors (Lipinski definition) is 0. The quantitative estimate of drug-likeness (QED) is 0.135. The lowest BCUT2D eigenvalue weighted by Crippen LogP contribution is -2.50. The van der Waals surface area contributed by atoms with E-state index in [-0.39, 0.29) is 24.2 Å². The predicted molar refractivity (Wildman–Crippen MR) is 142 cm³/mol. The van der Waals surface area contributed by atoms with E-state index in [1.54, 1.807) is 6.07 Å². The summed E-state index contributed by atoms with van der Waals surface area (Å²) in [5, 5.41) is 0. The Labute approximate surface area is 218 Å². The van der Waals surface area contributed by atoms with Crippen LogP contribution in [0, 0.1) is 5.92 Å². The summed E-state index contributed by atoms with van der Waals surface area (Å²) in [5.74, 6) is -1.09. The van der Waals surface area contributed by atoms with Crippen LogP contribution in [0.25, 0.3) is 0 Å². The van der Waals surface area contributed by atoms with Gasteiger partial charge < -0.3 is 14.2 Å². The van der Waals surface area contributed by atoms with Gasteiger partial charge in [-0.15, -0.1) is 0 Å². The standard InChI is InChI=1S/C30H51F3O3/c1-8-9-10-11-12-13-19-27(30(34-23(2)3,35-24(4)5)36-25(6)7)20-15-14-17-26-18-16-21-28(22-26)29(31,32)33/h16,18,21-25,27H,8-15,17,19-20H2,1-7H3. The Kier molecular flexibility index (Phi) is 15.2. The van der Waals surface area contributed by atoms with Crippen LogP contribution in [0.15, 0.2) is 24.3 Å². The molecule has 1 aromatic carbocycles. The Morgan fingerprint density at radius 3 is 1.69 bits per heavy atom. The molecule has 0 bridgehead atoms. The van der Waals surface area contributed by atoms with Crippen molar-refractivity contribution >= 4 is 0 Å². The van der Waals surface area contributed by atoms with E-state index in [1.807, 2.05) is 41.5 Å². The largest absolute Gasteiger partial charge is 0.416 e. The minimum absolute atomic E-state index is 0.0392. The predicted octanol–water partition coefficient (Wildman–Crippen LogP) is 9.71. The van der Waals surface area contributed by atoms with Crippen LogP contribution in [0.2, 0.25) is 0 Å². The highest BCUT2D eigenvalue weighted by Gasteiger charge is 2.44. The lowest BCUT2D eigenvalue weighted by Gasteiger charge is -2.43. The summed E-state index contributed by atoms with van der Waals surface area (Å²) in [5.41, 5.74) is 0.139. The van der Waals surface area contributed by atoms with Crippen molar-refractivity contribution in [2.45, 2.75) is 150 Å². The molecule has 210 valence electrons. The zero-order valence-electron chi connectivity index (χ0n) is 23.8. The van der Waals surface area contributed by atoms with Crippen molar-refractivity contribution in [1.29, 1.82) is 0 Å². The number of halogens is 3. The molecular formula is C30H51F3O3. The molecule has 3 nitrogen and oxygen atoms in total. The van der Waals surface area contributed by atoms with Crippen molar-refractivity contribution in [1.82, 2.24) is 0 Å². The van der Waals surface area contributed by atoms with Crippen LogP contribution in [0.1, 0.15) is 124 Å². The van der Waals surface area contributed by atoms with Gasteiger partial charge in [-0.3, -0.25) is 0 Å². The third-order valence-electron chi connectivity index (χ3n) is 6.13. The van der Waals surface area contributed by atoms with Crippen LogP contribution in [0.4, 0.5) is 13.2 Å². The molecule has 36 heavy (non-hydrogen) atoms. The fourth-order valence-electron chi connectivity index (χ4n) is 4.65. The minimum Gasteiger partial charge on any atom is -0.324 e. The maximum absolute atomic E-state index is 13.1. The van der Waals surface area contributed by atoms with Gasteiger partial charge in [0.15, 0.2) is 0 Å². The van der Waals surface area contributed by atoms with Crippen LogP contribution in [-0.4, -0.2) is 24.3 Å². The van der Waals surface area contributed by atoms with Gasteiger partial charge in [0.2, 0.25) is 0 Å². The van der Waals surface area contributed by atoms with E-state index in [0.29, 0.717) is 6.42 Å². The summed E-state index contributed by atoms with van der Waals surface area (Å²) >= 11 is 0. The second-order valence-corrected chi connectivity index (χ2v) is 10.8. The molecule has 0 spiro atoms. The average Bonchev–Trinajstić information content (AvgIpc) is 2.75. The fourth-order valence-corrected chi connectivity index (χ4v) is 4.65. The monoisotopic (exact) mass is 516 g/mol. The van der Waals surface area contributed by atoms with Crippen molar-refractivity contribution in [2.24, 2.45) is 5.92 Å². The minimum atomic E-state index is -4.31. The van der Waals surface area contributed by atoms with Crippen LogP contribution in [-0.2, 0) is 26.8 Å². The van der Waals surface area contributed by atoms with Crippen LogP contribution < -0.4 is 0 Å². The lowest BCUT2D eigenvalue weighted by molar-refractivity contribution is -0.433. The summed E-state index contributed by atoms with van der Waals surface area (Å²) in [6, 6.07) is 5.67. The Hall–Kier alpha value is -1.11. The fraction of sp³-hybridized carbons (Fsp3) is 0.800. The van der Waals surface area contributed by atoms with Crippen molar-refractivity contribution in [3.63, 3.8) is 0 Å². The first-order valence-electron chi connectivity index (χ1n) is 14.1. The average molecular weight is 517 g/mol. The molecule has 0 aromatic heterocycles. The Balaban J connectivity index is 2.95. The van der Waals surface area contributed by atoms with Gasteiger partial charge in [-0.1, -0.05) is 70.1 Å². The van der Waals surface area contributed by atoms with Crippen LogP contribution in [0.3, 0.4) is 0 Å². The van der Waals surface area contributed by atoms with E-state index < -0.39 is 17.7 Å². The van der Waals surface area contributed by atoms with Gasteiger partial charge in [-0.05, 0) is 78.9 Å². The molecule has 0 fully saturated rings. The molecule has 1 atom stereocenters. The molecule has 1 unspecified atom stereocenters. The highest BCUT2D eigenvalue weighted by atomic mass is 19.4. The molecule has 0 radical (unpaired) electrons.